The van der Waals surface area contributed by atoms with Gasteiger partial charge in [0.25, 0.3) is 0 Å². The first-order chi connectivity index (χ1) is 15.2. The number of aromatic amines is 1. The van der Waals surface area contributed by atoms with Crippen LogP contribution in [0.15, 0.2) is 24.8 Å². The van der Waals surface area contributed by atoms with Crippen molar-refractivity contribution in [1.82, 2.24) is 24.8 Å². The molecule has 1 saturated heterocycles. The normalized spacial score (nSPS) is 26.6. The van der Waals surface area contributed by atoms with Gasteiger partial charge in [-0.2, -0.15) is 0 Å². The van der Waals surface area contributed by atoms with E-state index in [2.05, 4.69) is 24.8 Å². The Morgan fingerprint density at radius 2 is 2.00 bits per heavy atom. The van der Waals surface area contributed by atoms with Crippen LogP contribution in [0.25, 0.3) is 21.9 Å². The van der Waals surface area contributed by atoms with E-state index in [0.717, 1.165) is 72.7 Å². The summed E-state index contributed by atoms with van der Waals surface area (Å²) < 4.78 is 30.0. The number of methoxy groups -OCH3 is 1. The number of nitrogens with zero attached hydrogens (tertiary/aromatic N) is 4. The Morgan fingerprint density at radius 3 is 2.77 bits per heavy atom. The minimum Gasteiger partial charge on any atom is -0.380 e. The summed E-state index contributed by atoms with van der Waals surface area (Å²) in [5.41, 5.74) is 2.77. The first kappa shape index (κ1) is 20.8. The second-order valence-corrected chi connectivity index (χ2v) is 9.92. The zero-order chi connectivity index (χ0) is 21.4. The number of hydrogen-bond acceptors (Lipinski definition) is 7. The van der Waals surface area contributed by atoms with Crippen LogP contribution in [0.1, 0.15) is 50.1 Å². The minimum absolute atomic E-state index is 0.132. The fraction of sp³-hybridized carbons (Fsp3) is 0.591. The van der Waals surface area contributed by atoms with Gasteiger partial charge < -0.3 is 9.72 Å². The van der Waals surface area contributed by atoms with Crippen molar-refractivity contribution >= 4 is 32.6 Å². The van der Waals surface area contributed by atoms with E-state index in [1.54, 1.807) is 19.6 Å². The van der Waals surface area contributed by atoms with Crippen LogP contribution in [-0.4, -0.2) is 64.9 Å². The van der Waals surface area contributed by atoms with Gasteiger partial charge in [0, 0.05) is 36.5 Å². The number of aromatic nitrogens is 4. The Labute approximate surface area is 183 Å². The summed E-state index contributed by atoms with van der Waals surface area (Å²) >= 11 is 0. The summed E-state index contributed by atoms with van der Waals surface area (Å²) in [6, 6.07) is 2.03. The van der Waals surface area contributed by atoms with Crippen molar-refractivity contribution < 1.29 is 13.2 Å². The molecule has 9 heteroatoms. The van der Waals surface area contributed by atoms with Crippen molar-refractivity contribution in [3.8, 4) is 0 Å². The van der Waals surface area contributed by atoms with E-state index >= 15 is 0 Å². The highest BCUT2D eigenvalue weighted by Gasteiger charge is 2.36. The molecule has 0 aromatic carbocycles. The maximum Gasteiger partial charge on any atom is 0.156 e. The Kier molecular flexibility index (Phi) is 5.90. The van der Waals surface area contributed by atoms with E-state index in [4.69, 9.17) is 4.74 Å². The predicted octanol–water partition coefficient (Wildman–Crippen LogP) is 2.83. The monoisotopic (exact) mass is 443 g/mol. The summed E-state index contributed by atoms with van der Waals surface area (Å²) in [5.74, 6) is 0.468. The number of thiol groups is 1. The van der Waals surface area contributed by atoms with E-state index in [9.17, 15) is 8.42 Å². The van der Waals surface area contributed by atoms with Crippen molar-refractivity contribution in [2.24, 2.45) is 5.92 Å². The van der Waals surface area contributed by atoms with Gasteiger partial charge in [0.15, 0.2) is 10.7 Å². The lowest BCUT2D eigenvalue weighted by molar-refractivity contribution is 0.0156. The van der Waals surface area contributed by atoms with E-state index in [1.807, 2.05) is 12.3 Å². The van der Waals surface area contributed by atoms with Gasteiger partial charge in [0.05, 0.1) is 23.5 Å². The summed E-state index contributed by atoms with van der Waals surface area (Å²) in [6.45, 7) is 1.54. The molecule has 2 aliphatic rings. The quantitative estimate of drug-likeness (QED) is 0.585. The number of piperidine rings is 1. The number of hydrogen-bond donors (Lipinski definition) is 2. The molecule has 4 heterocycles. The number of pyridine rings is 1. The maximum atomic E-state index is 12.3. The Hall–Kier alpha value is -2.10. The van der Waals surface area contributed by atoms with Gasteiger partial charge in [0.1, 0.15) is 17.3 Å². The predicted molar refractivity (Wildman–Crippen MR) is 120 cm³/mol. The lowest BCUT2D eigenvalue weighted by Gasteiger charge is -2.40. The lowest BCUT2D eigenvalue weighted by Crippen LogP contribution is -2.49. The number of rotatable bonds is 5. The van der Waals surface area contributed by atoms with Gasteiger partial charge in [-0.1, -0.05) is 0 Å². The smallest absolute Gasteiger partial charge is 0.156 e. The molecule has 2 unspecified atom stereocenters. The summed E-state index contributed by atoms with van der Waals surface area (Å²) in [4.78, 5) is 18.9. The largest absolute Gasteiger partial charge is 0.380 e. The van der Waals surface area contributed by atoms with E-state index < -0.39 is 16.1 Å². The molecule has 31 heavy (non-hydrogen) atoms. The van der Waals surface area contributed by atoms with E-state index in [-0.39, 0.29) is 12.0 Å². The molecule has 2 atom stereocenters. The molecule has 1 N–H and O–H groups in total. The standard InChI is InChI=1S/C22H29N5O3S/c1-30-16-3-2-10-27(12-16)22(31(28)29)15-6-4-14(5-7-15)20-19-17-8-9-23-21(17)24-11-18(19)25-13-26-20/h8-9,11,13-16,22,31H,2-7,10,12H2,1H3,(H,23,24). The van der Waals surface area contributed by atoms with Gasteiger partial charge in [-0.3, -0.25) is 4.90 Å². The first-order valence-electron chi connectivity index (χ1n) is 11.1. The summed E-state index contributed by atoms with van der Waals surface area (Å²) in [6.07, 6.45) is 11.1. The van der Waals surface area contributed by atoms with Crippen molar-refractivity contribution in [2.75, 3.05) is 20.2 Å². The Morgan fingerprint density at radius 1 is 1.16 bits per heavy atom. The number of H-pyrrole nitrogens is 1. The van der Waals surface area contributed by atoms with Gasteiger partial charge in [-0.15, -0.1) is 0 Å². The van der Waals surface area contributed by atoms with Crippen LogP contribution >= 0.6 is 0 Å². The summed E-state index contributed by atoms with van der Waals surface area (Å²) in [7, 11) is -0.798. The fourth-order valence-corrected chi connectivity index (χ4v) is 6.70. The number of nitrogens with one attached hydrogen (secondary N) is 1. The molecular weight excluding hydrogens is 414 g/mol. The third-order valence-corrected chi connectivity index (χ3v) is 8.31. The molecule has 3 aromatic rings. The van der Waals surface area contributed by atoms with Gasteiger partial charge in [-0.05, 0) is 57.1 Å². The van der Waals surface area contributed by atoms with Crippen LogP contribution in [0, 0.1) is 5.92 Å². The second-order valence-electron chi connectivity index (χ2n) is 8.82. The molecule has 166 valence electrons. The number of fused-ring (bicyclic) bond motifs is 3. The lowest BCUT2D eigenvalue weighted by atomic mass is 9.79. The first-order valence-corrected chi connectivity index (χ1v) is 12.4. The van der Waals surface area contributed by atoms with Crippen LogP contribution in [0.2, 0.25) is 0 Å². The SMILES string of the molecule is COC1CCCN(C(C2CCC(c3ncnc4cnc5[nH]ccc5c34)CC2)[SH](=O)=O)C1. The molecule has 5 rings (SSSR count). The number of ether oxygens (including phenoxy) is 1. The van der Waals surface area contributed by atoms with Crippen LogP contribution in [-0.2, 0) is 15.4 Å². The van der Waals surface area contributed by atoms with Gasteiger partial charge in [-0.25, -0.2) is 23.4 Å². The topological polar surface area (TPSA) is 101 Å². The molecular formula is C22H29N5O3S. The van der Waals surface area contributed by atoms with Crippen LogP contribution in [0.3, 0.4) is 0 Å². The second kappa shape index (κ2) is 8.80. The zero-order valence-corrected chi connectivity index (χ0v) is 18.6. The average Bonchev–Trinajstić information content (AvgIpc) is 3.28. The Balaban J connectivity index is 1.37. The van der Waals surface area contributed by atoms with E-state index in [1.165, 1.54) is 0 Å². The molecule has 3 aromatic heterocycles. The highest BCUT2D eigenvalue weighted by Crippen LogP contribution is 2.41. The molecule has 2 fully saturated rings. The van der Waals surface area contributed by atoms with Crippen molar-refractivity contribution in [1.29, 1.82) is 0 Å². The molecule has 1 saturated carbocycles. The van der Waals surface area contributed by atoms with Crippen molar-refractivity contribution in [3.63, 3.8) is 0 Å². The highest BCUT2D eigenvalue weighted by atomic mass is 32.2. The van der Waals surface area contributed by atoms with E-state index in [0.29, 0.717) is 12.5 Å². The third-order valence-electron chi connectivity index (χ3n) is 7.13. The molecule has 0 bridgehead atoms. The van der Waals surface area contributed by atoms with Crippen LogP contribution in [0.4, 0.5) is 0 Å². The van der Waals surface area contributed by atoms with Gasteiger partial charge in [0.2, 0.25) is 0 Å². The molecule has 0 spiro atoms. The van der Waals surface area contributed by atoms with Crippen molar-refractivity contribution in [2.45, 2.75) is 55.9 Å². The molecule has 8 nitrogen and oxygen atoms in total. The highest BCUT2D eigenvalue weighted by molar-refractivity contribution is 7.73. The molecule has 0 amide bonds. The number of likely N-dealkylation sites (tertiary alicyclic amines) is 1. The third kappa shape index (κ3) is 3.94. The zero-order valence-electron chi connectivity index (χ0n) is 17.7. The molecule has 0 radical (unpaired) electrons. The fourth-order valence-electron chi connectivity index (χ4n) is 5.59. The summed E-state index contributed by atoms with van der Waals surface area (Å²) in [5, 5.41) is 1.73. The van der Waals surface area contributed by atoms with Crippen molar-refractivity contribution in [3.05, 3.63) is 30.5 Å². The molecule has 1 aliphatic carbocycles. The average molecular weight is 444 g/mol. The van der Waals surface area contributed by atoms with Crippen LogP contribution < -0.4 is 0 Å². The minimum atomic E-state index is -2.52. The van der Waals surface area contributed by atoms with Crippen LogP contribution in [0.5, 0.6) is 0 Å². The molecule has 1 aliphatic heterocycles. The maximum absolute atomic E-state index is 12.3. The Bertz CT molecular complexity index is 1130. The van der Waals surface area contributed by atoms with Gasteiger partial charge >= 0.3 is 0 Å².